The second-order valence-corrected chi connectivity index (χ2v) is 7.70. The molecule has 0 aliphatic carbocycles. The average Bonchev–Trinajstić information content (AvgIpc) is 3.27. The second-order valence-electron chi connectivity index (χ2n) is 7.70. The van der Waals surface area contributed by atoms with Crippen molar-refractivity contribution < 1.29 is 14.4 Å². The highest BCUT2D eigenvalue weighted by Crippen LogP contribution is 2.54. The highest BCUT2D eigenvalue weighted by molar-refractivity contribution is 6.26. The Morgan fingerprint density at radius 2 is 1.72 bits per heavy atom. The van der Waals surface area contributed by atoms with Gasteiger partial charge in [-0.1, -0.05) is 42.3 Å². The van der Waals surface area contributed by atoms with Crippen molar-refractivity contribution in [3.8, 4) is 12.3 Å². The third-order valence-corrected chi connectivity index (χ3v) is 6.28. The Morgan fingerprint density at radius 3 is 2.45 bits per heavy atom. The van der Waals surface area contributed by atoms with E-state index in [-0.39, 0.29) is 30.3 Å². The maximum absolute atomic E-state index is 13.6. The van der Waals surface area contributed by atoms with E-state index in [0.29, 0.717) is 16.9 Å². The fraction of sp³-hybridized carbons (Fsp3) is 0.261. The van der Waals surface area contributed by atoms with Crippen LogP contribution in [0.25, 0.3) is 0 Å². The number of benzene rings is 2. The van der Waals surface area contributed by atoms with Crippen LogP contribution in [-0.2, 0) is 19.9 Å². The lowest BCUT2D eigenvalue weighted by molar-refractivity contribution is -0.132. The van der Waals surface area contributed by atoms with Crippen LogP contribution >= 0.6 is 0 Å². The molecule has 3 heterocycles. The van der Waals surface area contributed by atoms with Gasteiger partial charge in [0.25, 0.3) is 5.91 Å². The lowest BCUT2D eigenvalue weighted by Gasteiger charge is -2.30. The number of hydrogen-bond acceptors (Lipinski definition) is 4. The standard InChI is InChI=1S/C23H19N3O3/c1-3-13-25-17-12-8-7-11-16(17)23(22(25)29)19-18(14(2)24-23)20(27)26(21(19)28)15-9-5-4-6-10-15/h1,4-12,14,18-19,24H,13H2,2H3. The van der Waals surface area contributed by atoms with Gasteiger partial charge in [-0.05, 0) is 25.1 Å². The summed E-state index contributed by atoms with van der Waals surface area (Å²) in [4.78, 5) is 43.3. The molecule has 6 nitrogen and oxygen atoms in total. The van der Waals surface area contributed by atoms with E-state index in [1.165, 1.54) is 9.80 Å². The van der Waals surface area contributed by atoms with Crippen LogP contribution in [-0.4, -0.2) is 30.3 Å². The number of rotatable bonds is 2. The second kappa shape index (κ2) is 6.03. The fourth-order valence-electron chi connectivity index (χ4n) is 5.19. The Bertz CT molecular complexity index is 1090. The number of nitrogens with zero attached hydrogens (tertiary/aromatic N) is 2. The van der Waals surface area contributed by atoms with E-state index in [1.807, 2.05) is 37.3 Å². The summed E-state index contributed by atoms with van der Waals surface area (Å²) in [6, 6.07) is 15.9. The molecule has 1 spiro atoms. The molecule has 0 aromatic heterocycles. The fourth-order valence-corrected chi connectivity index (χ4v) is 5.19. The molecule has 2 saturated heterocycles. The largest absolute Gasteiger partial charge is 0.298 e. The summed E-state index contributed by atoms with van der Waals surface area (Å²) in [6.45, 7) is 1.96. The highest BCUT2D eigenvalue weighted by Gasteiger charge is 2.71. The number of amides is 3. The summed E-state index contributed by atoms with van der Waals surface area (Å²) < 4.78 is 0. The predicted molar refractivity (Wildman–Crippen MR) is 108 cm³/mol. The molecule has 4 unspecified atom stereocenters. The quantitative estimate of drug-likeness (QED) is 0.631. The minimum Gasteiger partial charge on any atom is -0.298 e. The van der Waals surface area contributed by atoms with Gasteiger partial charge in [0.1, 0.15) is 5.54 Å². The summed E-state index contributed by atoms with van der Waals surface area (Å²) in [7, 11) is 0. The van der Waals surface area contributed by atoms with Crippen LogP contribution in [0.1, 0.15) is 12.5 Å². The highest BCUT2D eigenvalue weighted by atomic mass is 16.2. The molecule has 0 radical (unpaired) electrons. The SMILES string of the molecule is C#CCN1C(=O)C2(NC(C)C3C(=O)N(c4ccccc4)C(=O)C32)c2ccccc21. The van der Waals surface area contributed by atoms with E-state index in [9.17, 15) is 14.4 Å². The topological polar surface area (TPSA) is 69.7 Å². The molecule has 6 heteroatoms. The lowest BCUT2D eigenvalue weighted by atomic mass is 9.76. The first-order valence-electron chi connectivity index (χ1n) is 9.58. The van der Waals surface area contributed by atoms with Gasteiger partial charge in [0.05, 0.1) is 29.8 Å². The third kappa shape index (κ3) is 2.08. The van der Waals surface area contributed by atoms with Gasteiger partial charge >= 0.3 is 0 Å². The van der Waals surface area contributed by atoms with E-state index in [0.717, 1.165) is 0 Å². The zero-order valence-corrected chi connectivity index (χ0v) is 15.8. The number of fused-ring (bicyclic) bond motifs is 4. The Kier molecular flexibility index (Phi) is 3.67. The van der Waals surface area contributed by atoms with Crippen molar-refractivity contribution >= 4 is 29.1 Å². The van der Waals surface area contributed by atoms with Crippen LogP contribution in [0, 0.1) is 24.2 Å². The maximum atomic E-state index is 13.6. The summed E-state index contributed by atoms with van der Waals surface area (Å²) >= 11 is 0. The normalized spacial score (nSPS) is 30.1. The Hall–Kier alpha value is -3.43. The average molecular weight is 385 g/mol. The smallest absolute Gasteiger partial charge is 0.253 e. The van der Waals surface area contributed by atoms with Crippen LogP contribution in [0.2, 0.25) is 0 Å². The molecule has 29 heavy (non-hydrogen) atoms. The van der Waals surface area contributed by atoms with Gasteiger partial charge in [-0.2, -0.15) is 0 Å². The number of carbonyl (C=O) groups is 3. The number of hydrogen-bond donors (Lipinski definition) is 1. The van der Waals surface area contributed by atoms with Gasteiger partial charge in [0, 0.05) is 11.6 Å². The molecule has 144 valence electrons. The van der Waals surface area contributed by atoms with E-state index >= 15 is 0 Å². The number of carbonyl (C=O) groups excluding carboxylic acids is 3. The minimum atomic E-state index is -1.28. The molecule has 2 aromatic carbocycles. The van der Waals surface area contributed by atoms with Crippen LogP contribution in [0.15, 0.2) is 54.6 Å². The molecule has 3 amide bonds. The van der Waals surface area contributed by atoms with Crippen LogP contribution in [0.4, 0.5) is 11.4 Å². The van der Waals surface area contributed by atoms with Gasteiger partial charge in [0.15, 0.2) is 0 Å². The number of terminal acetylenes is 1. The number of nitrogens with one attached hydrogen (secondary N) is 1. The zero-order chi connectivity index (χ0) is 20.3. The molecule has 2 fully saturated rings. The first-order chi connectivity index (χ1) is 14.0. The molecule has 5 rings (SSSR count). The monoisotopic (exact) mass is 385 g/mol. The summed E-state index contributed by atoms with van der Waals surface area (Å²) in [5.41, 5.74) is 0.636. The third-order valence-electron chi connectivity index (χ3n) is 6.28. The first-order valence-corrected chi connectivity index (χ1v) is 9.58. The van der Waals surface area contributed by atoms with Gasteiger partial charge in [-0.3, -0.25) is 24.6 Å². The van der Waals surface area contributed by atoms with Crippen molar-refractivity contribution in [1.82, 2.24) is 5.32 Å². The van der Waals surface area contributed by atoms with Gasteiger partial charge in [0.2, 0.25) is 11.8 Å². The molecule has 4 atom stereocenters. The van der Waals surface area contributed by atoms with Crippen LogP contribution in [0.3, 0.4) is 0 Å². The maximum Gasteiger partial charge on any atom is 0.253 e. The van der Waals surface area contributed by atoms with Crippen molar-refractivity contribution in [2.75, 3.05) is 16.3 Å². The Balaban J connectivity index is 1.69. The number of imide groups is 1. The van der Waals surface area contributed by atoms with Crippen molar-refractivity contribution in [1.29, 1.82) is 0 Å². The van der Waals surface area contributed by atoms with Crippen molar-refractivity contribution in [2.45, 2.75) is 18.5 Å². The van der Waals surface area contributed by atoms with E-state index in [1.54, 1.807) is 24.3 Å². The Labute approximate surface area is 168 Å². The van der Waals surface area contributed by atoms with Crippen molar-refractivity contribution in [3.05, 3.63) is 60.2 Å². The molecule has 2 aromatic rings. The van der Waals surface area contributed by atoms with E-state index in [4.69, 9.17) is 6.42 Å². The molecule has 0 saturated carbocycles. The lowest BCUT2D eigenvalue weighted by Crippen LogP contribution is -2.55. The summed E-state index contributed by atoms with van der Waals surface area (Å²) in [5.74, 6) is 0.191. The molecule has 0 bridgehead atoms. The number of anilines is 2. The number of para-hydroxylation sites is 2. The minimum absolute atomic E-state index is 0.107. The molecule has 3 aliphatic rings. The van der Waals surface area contributed by atoms with Crippen molar-refractivity contribution in [2.24, 2.45) is 11.8 Å². The molecule has 1 N–H and O–H groups in total. The van der Waals surface area contributed by atoms with Crippen molar-refractivity contribution in [3.63, 3.8) is 0 Å². The van der Waals surface area contributed by atoms with E-state index in [2.05, 4.69) is 11.2 Å². The van der Waals surface area contributed by atoms with Gasteiger partial charge < -0.3 is 0 Å². The molecular weight excluding hydrogens is 366 g/mol. The Morgan fingerprint density at radius 1 is 1.03 bits per heavy atom. The van der Waals surface area contributed by atoms with Crippen LogP contribution < -0.4 is 15.1 Å². The first kappa shape index (κ1) is 17.7. The van der Waals surface area contributed by atoms with Gasteiger partial charge in [-0.15, -0.1) is 6.42 Å². The zero-order valence-electron chi connectivity index (χ0n) is 15.8. The van der Waals surface area contributed by atoms with E-state index < -0.39 is 17.4 Å². The van der Waals surface area contributed by atoms with Crippen LogP contribution in [0.5, 0.6) is 0 Å². The summed E-state index contributed by atoms with van der Waals surface area (Å²) in [6.07, 6.45) is 5.50. The molecule has 3 aliphatic heterocycles. The predicted octanol–water partition coefficient (Wildman–Crippen LogP) is 1.66. The molecular formula is C23H19N3O3. The van der Waals surface area contributed by atoms with Gasteiger partial charge in [-0.25, -0.2) is 4.90 Å². The summed E-state index contributed by atoms with van der Waals surface area (Å²) in [5, 5.41) is 3.33.